The van der Waals surface area contributed by atoms with Crippen LogP contribution in [-0.4, -0.2) is 4.98 Å². The second-order valence-electron chi connectivity index (χ2n) is 6.05. The van der Waals surface area contributed by atoms with Gasteiger partial charge in [0.05, 0.1) is 11.6 Å². The van der Waals surface area contributed by atoms with E-state index in [1.807, 2.05) is 12.3 Å². The van der Waals surface area contributed by atoms with Crippen molar-refractivity contribution in [3.8, 4) is 0 Å². The molecule has 1 heterocycles. The van der Waals surface area contributed by atoms with E-state index in [0.717, 1.165) is 17.4 Å². The van der Waals surface area contributed by atoms with Crippen molar-refractivity contribution in [3.63, 3.8) is 0 Å². The van der Waals surface area contributed by atoms with Crippen molar-refractivity contribution in [2.75, 3.05) is 0 Å². The van der Waals surface area contributed by atoms with Gasteiger partial charge in [0, 0.05) is 11.6 Å². The van der Waals surface area contributed by atoms with E-state index < -0.39 is 0 Å². The number of nitrogens with two attached hydrogens (primary N) is 1. The molecule has 3 N–H and O–H groups in total. The van der Waals surface area contributed by atoms with Crippen LogP contribution in [0.25, 0.3) is 10.9 Å². The lowest BCUT2D eigenvalue weighted by molar-refractivity contribution is 0.347. The molecule has 0 aliphatic heterocycles. The number of aromatic nitrogens is 1. The van der Waals surface area contributed by atoms with Crippen LogP contribution in [-0.2, 0) is 0 Å². The van der Waals surface area contributed by atoms with Gasteiger partial charge in [-0.05, 0) is 48.6 Å². The van der Waals surface area contributed by atoms with Gasteiger partial charge in [0.25, 0.3) is 0 Å². The van der Waals surface area contributed by atoms with E-state index in [2.05, 4.69) is 34.7 Å². The molecule has 3 nitrogen and oxygen atoms in total. The van der Waals surface area contributed by atoms with Gasteiger partial charge in [-0.2, -0.15) is 0 Å². The minimum Gasteiger partial charge on any atom is -0.271 e. The Labute approximate surface area is 113 Å². The van der Waals surface area contributed by atoms with Gasteiger partial charge >= 0.3 is 0 Å². The smallest absolute Gasteiger partial charge is 0.0750 e. The van der Waals surface area contributed by atoms with Crippen LogP contribution in [0, 0.1) is 17.8 Å². The number of pyridine rings is 1. The van der Waals surface area contributed by atoms with E-state index in [0.29, 0.717) is 5.92 Å². The van der Waals surface area contributed by atoms with Crippen LogP contribution in [0.3, 0.4) is 0 Å². The number of rotatable bonds is 3. The lowest BCUT2D eigenvalue weighted by Crippen LogP contribution is -2.33. The van der Waals surface area contributed by atoms with Crippen LogP contribution >= 0.6 is 0 Å². The van der Waals surface area contributed by atoms with Crippen molar-refractivity contribution >= 4 is 10.9 Å². The van der Waals surface area contributed by atoms with Gasteiger partial charge in [0.1, 0.15) is 0 Å². The van der Waals surface area contributed by atoms with E-state index in [4.69, 9.17) is 5.84 Å². The van der Waals surface area contributed by atoms with Crippen LogP contribution in [0.2, 0.25) is 0 Å². The van der Waals surface area contributed by atoms with Gasteiger partial charge in [-0.3, -0.25) is 16.3 Å². The number of nitrogens with one attached hydrogen (secondary N) is 1. The average molecular weight is 253 g/mol. The van der Waals surface area contributed by atoms with E-state index in [1.54, 1.807) is 0 Å². The summed E-state index contributed by atoms with van der Waals surface area (Å²) in [5.41, 5.74) is 5.40. The van der Waals surface area contributed by atoms with Gasteiger partial charge in [-0.25, -0.2) is 0 Å². The molecular weight excluding hydrogens is 234 g/mol. The van der Waals surface area contributed by atoms with E-state index in [1.165, 1.54) is 30.2 Å². The zero-order valence-electron chi connectivity index (χ0n) is 10.9. The largest absolute Gasteiger partial charge is 0.271 e. The molecule has 1 aromatic heterocycles. The standard InChI is InChI=1S/C16H19N3/c17-19-16(13-8-11-7-12(11)9-13)14-5-1-3-10-4-2-6-18-15(10)14/h1-6,11-13,16,19H,7-9,17H2. The second-order valence-corrected chi connectivity index (χ2v) is 6.05. The Morgan fingerprint density at radius 1 is 1.11 bits per heavy atom. The fraction of sp³-hybridized carbons (Fsp3) is 0.438. The van der Waals surface area contributed by atoms with Crippen molar-refractivity contribution in [1.82, 2.24) is 10.4 Å². The summed E-state index contributed by atoms with van der Waals surface area (Å²) in [5.74, 6) is 8.48. The molecule has 98 valence electrons. The predicted octanol–water partition coefficient (Wildman–Crippen LogP) is 2.79. The quantitative estimate of drug-likeness (QED) is 0.653. The molecule has 0 spiro atoms. The first-order valence-corrected chi connectivity index (χ1v) is 7.16. The number of benzene rings is 1. The number of hydrogen-bond donors (Lipinski definition) is 2. The SMILES string of the molecule is NNC(c1cccc2cccnc12)C1CC2CC2C1. The number of para-hydroxylation sites is 1. The Bertz CT molecular complexity index is 594. The van der Waals surface area contributed by atoms with Crippen molar-refractivity contribution in [2.24, 2.45) is 23.6 Å². The Morgan fingerprint density at radius 2 is 1.89 bits per heavy atom. The van der Waals surface area contributed by atoms with E-state index in [-0.39, 0.29) is 6.04 Å². The van der Waals surface area contributed by atoms with Crippen LogP contribution in [0.5, 0.6) is 0 Å². The highest BCUT2D eigenvalue weighted by Crippen LogP contribution is 2.57. The lowest BCUT2D eigenvalue weighted by atomic mass is 9.88. The first-order valence-electron chi connectivity index (χ1n) is 7.16. The third kappa shape index (κ3) is 1.85. The number of fused-ring (bicyclic) bond motifs is 2. The maximum absolute atomic E-state index is 5.86. The average Bonchev–Trinajstić information content (AvgIpc) is 3.07. The first kappa shape index (κ1) is 11.4. The summed E-state index contributed by atoms with van der Waals surface area (Å²) in [6.45, 7) is 0. The maximum Gasteiger partial charge on any atom is 0.0750 e. The molecule has 3 heteroatoms. The van der Waals surface area contributed by atoms with Crippen LogP contribution in [0.1, 0.15) is 30.9 Å². The second kappa shape index (κ2) is 4.29. The highest BCUT2D eigenvalue weighted by Gasteiger charge is 2.48. The fourth-order valence-corrected chi connectivity index (χ4v) is 3.89. The molecule has 2 aliphatic carbocycles. The Hall–Kier alpha value is -1.45. The predicted molar refractivity (Wildman–Crippen MR) is 76.1 cm³/mol. The lowest BCUT2D eigenvalue weighted by Gasteiger charge is -2.25. The molecule has 4 rings (SSSR count). The summed E-state index contributed by atoms with van der Waals surface area (Å²) in [4.78, 5) is 4.56. The minimum absolute atomic E-state index is 0.242. The van der Waals surface area contributed by atoms with Crippen LogP contribution in [0.4, 0.5) is 0 Å². The zero-order valence-corrected chi connectivity index (χ0v) is 10.9. The Morgan fingerprint density at radius 3 is 2.68 bits per heavy atom. The fourth-order valence-electron chi connectivity index (χ4n) is 3.89. The Kier molecular flexibility index (Phi) is 2.57. The molecule has 0 radical (unpaired) electrons. The van der Waals surface area contributed by atoms with Gasteiger partial charge in [-0.15, -0.1) is 0 Å². The third-order valence-corrected chi connectivity index (χ3v) is 4.93. The summed E-state index contributed by atoms with van der Waals surface area (Å²) >= 11 is 0. The number of hydrazine groups is 1. The van der Waals surface area contributed by atoms with Crippen LogP contribution in [0.15, 0.2) is 36.5 Å². The normalized spacial score (nSPS) is 30.3. The topological polar surface area (TPSA) is 50.9 Å². The zero-order chi connectivity index (χ0) is 12.8. The van der Waals surface area contributed by atoms with E-state index in [9.17, 15) is 0 Å². The summed E-state index contributed by atoms with van der Waals surface area (Å²) in [6.07, 6.45) is 5.96. The Balaban J connectivity index is 1.74. The van der Waals surface area contributed by atoms with E-state index >= 15 is 0 Å². The van der Waals surface area contributed by atoms with Crippen molar-refractivity contribution < 1.29 is 0 Å². The molecule has 2 aliphatic rings. The first-order chi connectivity index (χ1) is 9.36. The highest BCUT2D eigenvalue weighted by atomic mass is 15.2. The molecule has 3 unspecified atom stereocenters. The highest BCUT2D eigenvalue weighted by molar-refractivity contribution is 5.82. The molecule has 0 saturated heterocycles. The monoisotopic (exact) mass is 253 g/mol. The minimum atomic E-state index is 0.242. The maximum atomic E-state index is 5.86. The van der Waals surface area contributed by atoms with Gasteiger partial charge in [0.2, 0.25) is 0 Å². The molecule has 2 saturated carbocycles. The molecule has 2 aromatic rings. The third-order valence-electron chi connectivity index (χ3n) is 4.93. The van der Waals surface area contributed by atoms with Crippen molar-refractivity contribution in [3.05, 3.63) is 42.1 Å². The molecule has 2 fully saturated rings. The molecule has 0 bridgehead atoms. The van der Waals surface area contributed by atoms with Gasteiger partial charge in [0.15, 0.2) is 0 Å². The summed E-state index contributed by atoms with van der Waals surface area (Å²) in [5, 5.41) is 1.20. The number of hydrogen-bond acceptors (Lipinski definition) is 3. The molecule has 0 amide bonds. The molecule has 1 aromatic carbocycles. The molecule has 19 heavy (non-hydrogen) atoms. The summed E-state index contributed by atoms with van der Waals surface area (Å²) < 4.78 is 0. The van der Waals surface area contributed by atoms with Crippen LogP contribution < -0.4 is 11.3 Å². The summed E-state index contributed by atoms with van der Waals surface area (Å²) in [6, 6.07) is 10.7. The summed E-state index contributed by atoms with van der Waals surface area (Å²) in [7, 11) is 0. The molecular formula is C16H19N3. The van der Waals surface area contributed by atoms with Crippen molar-refractivity contribution in [1.29, 1.82) is 0 Å². The molecule has 3 atom stereocenters. The van der Waals surface area contributed by atoms with Crippen molar-refractivity contribution in [2.45, 2.75) is 25.3 Å². The van der Waals surface area contributed by atoms with Gasteiger partial charge < -0.3 is 0 Å². The van der Waals surface area contributed by atoms with Gasteiger partial charge in [-0.1, -0.05) is 24.3 Å². The number of nitrogens with zero attached hydrogens (tertiary/aromatic N) is 1.